The van der Waals surface area contributed by atoms with Crippen LogP contribution >= 0.6 is 0 Å². The van der Waals surface area contributed by atoms with Crippen molar-refractivity contribution in [3.63, 3.8) is 0 Å². The standard InChI is InChI=1S/C26H27N5O2/c27-19-30-26(31-22-11-13-28-14-12-22)29-15-16-32-17-18-33-25-23-7-3-1-5-20(23)9-10-21-6-2-4-8-24(21)25/h1-8,11-14,25H,9-10,15-18H2,(H2,28,29,30,31). The average molecular weight is 442 g/mol. The summed E-state index contributed by atoms with van der Waals surface area (Å²) in [5, 5.41) is 14.5. The van der Waals surface area contributed by atoms with E-state index in [0.29, 0.717) is 38.0 Å². The summed E-state index contributed by atoms with van der Waals surface area (Å²) in [6, 6.07) is 20.6. The quantitative estimate of drug-likeness (QED) is 0.182. The molecule has 1 aliphatic rings. The Morgan fingerprint density at radius 2 is 1.61 bits per heavy atom. The van der Waals surface area contributed by atoms with Crippen molar-refractivity contribution < 1.29 is 9.47 Å². The van der Waals surface area contributed by atoms with Gasteiger partial charge in [0.05, 0.1) is 25.5 Å². The first kappa shape index (κ1) is 22.5. The Hall–Kier alpha value is -3.73. The minimum Gasteiger partial charge on any atom is -0.377 e. The van der Waals surface area contributed by atoms with Crippen LogP contribution in [0.15, 0.2) is 78.0 Å². The van der Waals surface area contributed by atoms with Crippen molar-refractivity contribution in [2.45, 2.75) is 18.9 Å². The molecule has 1 aliphatic carbocycles. The van der Waals surface area contributed by atoms with Crippen molar-refractivity contribution in [3.8, 4) is 6.19 Å². The highest BCUT2D eigenvalue weighted by atomic mass is 16.5. The topological polar surface area (TPSA) is 91.6 Å². The minimum atomic E-state index is -0.0828. The zero-order valence-corrected chi connectivity index (χ0v) is 18.4. The summed E-state index contributed by atoms with van der Waals surface area (Å²) in [6.07, 6.45) is 7.15. The number of nitrogens with zero attached hydrogens (tertiary/aromatic N) is 3. The molecule has 1 aromatic heterocycles. The molecule has 0 saturated carbocycles. The largest absolute Gasteiger partial charge is 0.377 e. The normalized spacial score (nSPS) is 13.4. The summed E-state index contributed by atoms with van der Waals surface area (Å²) in [6.45, 7) is 1.93. The predicted molar refractivity (Wildman–Crippen MR) is 127 cm³/mol. The predicted octanol–water partition coefficient (Wildman–Crippen LogP) is 3.65. The number of benzene rings is 2. The second-order valence-electron chi connectivity index (χ2n) is 7.59. The van der Waals surface area contributed by atoms with Crippen molar-refractivity contribution in [1.82, 2.24) is 15.6 Å². The molecule has 1 heterocycles. The smallest absolute Gasteiger partial charge is 0.210 e. The molecule has 7 heteroatoms. The van der Waals surface area contributed by atoms with E-state index in [4.69, 9.17) is 14.7 Å². The summed E-state index contributed by atoms with van der Waals surface area (Å²) in [5.41, 5.74) is 5.87. The number of hydrogen-bond acceptors (Lipinski definition) is 5. The maximum atomic E-state index is 8.93. The fourth-order valence-electron chi connectivity index (χ4n) is 3.93. The lowest BCUT2D eigenvalue weighted by molar-refractivity contribution is 0.0211. The van der Waals surface area contributed by atoms with Crippen LogP contribution in [-0.2, 0) is 22.3 Å². The van der Waals surface area contributed by atoms with Crippen molar-refractivity contribution >= 4 is 11.6 Å². The van der Waals surface area contributed by atoms with Gasteiger partial charge in [-0.25, -0.2) is 4.99 Å². The van der Waals surface area contributed by atoms with Gasteiger partial charge in [-0.05, 0) is 47.2 Å². The van der Waals surface area contributed by atoms with E-state index in [2.05, 4.69) is 69.1 Å². The number of aryl methyl sites for hydroxylation is 2. The van der Waals surface area contributed by atoms with Gasteiger partial charge < -0.3 is 14.8 Å². The molecule has 2 N–H and O–H groups in total. The van der Waals surface area contributed by atoms with Gasteiger partial charge in [0.25, 0.3) is 0 Å². The Kier molecular flexibility index (Phi) is 8.01. The van der Waals surface area contributed by atoms with E-state index >= 15 is 0 Å². The number of ether oxygens (including phenoxy) is 2. The highest BCUT2D eigenvalue weighted by Crippen LogP contribution is 2.34. The van der Waals surface area contributed by atoms with Gasteiger partial charge in [0.15, 0.2) is 6.19 Å². The van der Waals surface area contributed by atoms with E-state index in [0.717, 1.165) is 12.8 Å². The van der Waals surface area contributed by atoms with Crippen molar-refractivity contribution in [2.75, 3.05) is 26.4 Å². The van der Waals surface area contributed by atoms with Crippen LogP contribution in [0.5, 0.6) is 0 Å². The molecule has 0 aliphatic heterocycles. The van der Waals surface area contributed by atoms with Crippen LogP contribution in [0.4, 0.5) is 5.69 Å². The van der Waals surface area contributed by atoms with Gasteiger partial charge in [-0.3, -0.25) is 10.3 Å². The highest BCUT2D eigenvalue weighted by Gasteiger charge is 2.23. The molecule has 7 nitrogen and oxygen atoms in total. The maximum Gasteiger partial charge on any atom is 0.210 e. The average Bonchev–Trinajstić information content (AvgIpc) is 3.01. The third-order valence-corrected chi connectivity index (χ3v) is 5.47. The number of hydrogen-bond donors (Lipinski definition) is 2. The molecule has 0 unspecified atom stereocenters. The van der Waals surface area contributed by atoms with Gasteiger partial charge in [-0.15, -0.1) is 0 Å². The number of fused-ring (bicyclic) bond motifs is 2. The maximum absolute atomic E-state index is 8.93. The summed E-state index contributed by atoms with van der Waals surface area (Å²) in [4.78, 5) is 8.31. The first-order chi connectivity index (χ1) is 16.3. The van der Waals surface area contributed by atoms with Crippen molar-refractivity contribution in [3.05, 3.63) is 95.3 Å². The SMILES string of the molecule is N#CN/C(=N/c1ccncc1)NCCOCCOC1c2ccccc2CCc2ccccc21. The zero-order chi connectivity index (χ0) is 22.7. The molecule has 2 aromatic carbocycles. The molecule has 0 radical (unpaired) electrons. The summed E-state index contributed by atoms with van der Waals surface area (Å²) in [7, 11) is 0. The third-order valence-electron chi connectivity index (χ3n) is 5.47. The molecule has 0 atom stereocenters. The summed E-state index contributed by atoms with van der Waals surface area (Å²) >= 11 is 0. The van der Waals surface area contributed by atoms with Crippen LogP contribution in [0.1, 0.15) is 28.4 Å². The second-order valence-corrected chi connectivity index (χ2v) is 7.59. The lowest BCUT2D eigenvalue weighted by Crippen LogP contribution is -2.36. The van der Waals surface area contributed by atoms with Crippen molar-refractivity contribution in [2.24, 2.45) is 4.99 Å². The van der Waals surface area contributed by atoms with Gasteiger partial charge in [0.2, 0.25) is 5.96 Å². The van der Waals surface area contributed by atoms with Crippen LogP contribution < -0.4 is 10.6 Å². The van der Waals surface area contributed by atoms with Crippen LogP contribution in [-0.4, -0.2) is 37.3 Å². The van der Waals surface area contributed by atoms with Crippen LogP contribution in [0.2, 0.25) is 0 Å². The molecule has 0 amide bonds. The number of aliphatic imine (C=N–C) groups is 1. The Morgan fingerprint density at radius 3 is 2.27 bits per heavy atom. The Labute approximate surface area is 194 Å². The first-order valence-electron chi connectivity index (χ1n) is 11.1. The van der Waals surface area contributed by atoms with E-state index < -0.39 is 0 Å². The van der Waals surface area contributed by atoms with Crippen LogP contribution in [0.25, 0.3) is 0 Å². The number of aromatic nitrogens is 1. The lowest BCUT2D eigenvalue weighted by atomic mass is 9.97. The van der Waals surface area contributed by atoms with E-state index in [1.54, 1.807) is 24.5 Å². The number of rotatable bonds is 8. The molecule has 4 rings (SSSR count). The minimum absolute atomic E-state index is 0.0828. The van der Waals surface area contributed by atoms with Gasteiger partial charge in [0, 0.05) is 18.9 Å². The molecular formula is C26H27N5O2. The molecule has 0 fully saturated rings. The third kappa shape index (κ3) is 6.16. The van der Waals surface area contributed by atoms with Gasteiger partial charge in [0.1, 0.15) is 6.10 Å². The number of nitrogens with one attached hydrogen (secondary N) is 2. The molecule has 168 valence electrons. The second kappa shape index (κ2) is 11.8. The highest BCUT2D eigenvalue weighted by molar-refractivity contribution is 5.83. The van der Waals surface area contributed by atoms with Gasteiger partial charge >= 0.3 is 0 Å². The fourth-order valence-corrected chi connectivity index (χ4v) is 3.93. The monoisotopic (exact) mass is 441 g/mol. The Balaban J connectivity index is 1.27. The molecule has 33 heavy (non-hydrogen) atoms. The number of nitriles is 1. The number of pyridine rings is 1. The first-order valence-corrected chi connectivity index (χ1v) is 11.1. The van der Waals surface area contributed by atoms with Gasteiger partial charge in [-0.1, -0.05) is 48.5 Å². The van der Waals surface area contributed by atoms with Gasteiger partial charge in [-0.2, -0.15) is 5.26 Å². The van der Waals surface area contributed by atoms with E-state index in [1.807, 2.05) is 6.19 Å². The Bertz CT molecular complexity index is 1060. The molecule has 0 bridgehead atoms. The molecule has 0 spiro atoms. The summed E-state index contributed by atoms with van der Waals surface area (Å²) < 4.78 is 12.1. The molecule has 3 aromatic rings. The Morgan fingerprint density at radius 1 is 0.939 bits per heavy atom. The molecular weight excluding hydrogens is 414 g/mol. The fraction of sp³-hybridized carbons (Fsp3) is 0.269. The van der Waals surface area contributed by atoms with E-state index in [9.17, 15) is 0 Å². The lowest BCUT2D eigenvalue weighted by Gasteiger charge is -2.21. The van der Waals surface area contributed by atoms with Crippen LogP contribution in [0, 0.1) is 11.5 Å². The van der Waals surface area contributed by atoms with Crippen molar-refractivity contribution in [1.29, 1.82) is 5.26 Å². The molecule has 0 saturated heterocycles. The van der Waals surface area contributed by atoms with E-state index in [1.165, 1.54) is 22.3 Å². The summed E-state index contributed by atoms with van der Waals surface area (Å²) in [5.74, 6) is 0.371. The van der Waals surface area contributed by atoms with E-state index in [-0.39, 0.29) is 6.10 Å². The van der Waals surface area contributed by atoms with Crippen LogP contribution in [0.3, 0.4) is 0 Å². The number of guanidine groups is 1. The zero-order valence-electron chi connectivity index (χ0n) is 18.4.